The fourth-order valence-electron chi connectivity index (χ4n) is 3.76. The van der Waals surface area contributed by atoms with Gasteiger partial charge in [0.05, 0.1) is 0 Å². The summed E-state index contributed by atoms with van der Waals surface area (Å²) in [4.78, 5) is 0. The summed E-state index contributed by atoms with van der Waals surface area (Å²) < 4.78 is 17.7. The summed E-state index contributed by atoms with van der Waals surface area (Å²) in [7, 11) is 0. The first-order valence-corrected chi connectivity index (χ1v) is 13.2. The van der Waals surface area contributed by atoms with Gasteiger partial charge in [0.2, 0.25) is 0 Å². The molecular weight excluding hydrogens is 432 g/mol. The molecule has 0 radical (unpaired) electrons. The molecule has 1 heterocycles. The van der Waals surface area contributed by atoms with Gasteiger partial charge in [-0.05, 0) is 86.3 Å². The van der Waals surface area contributed by atoms with Crippen molar-refractivity contribution < 1.29 is 13.9 Å². The van der Waals surface area contributed by atoms with Gasteiger partial charge in [0.15, 0.2) is 0 Å². The molecule has 186 valence electrons. The molecule has 0 fully saturated rings. The van der Waals surface area contributed by atoms with Gasteiger partial charge in [-0.15, -0.1) is 0 Å². The van der Waals surface area contributed by atoms with Gasteiger partial charge in [-0.25, -0.2) is 0 Å². The molecule has 0 saturated carbocycles. The van der Waals surface area contributed by atoms with Gasteiger partial charge >= 0.3 is 0 Å². The first kappa shape index (κ1) is 26.4. The highest BCUT2D eigenvalue weighted by molar-refractivity contribution is 5.65. The van der Waals surface area contributed by atoms with E-state index < -0.39 is 0 Å². The molecule has 0 saturated heterocycles. The molecule has 3 aromatic rings. The molecule has 0 unspecified atom stereocenters. The average molecular weight is 473 g/mol. The molecule has 1 aromatic heterocycles. The molecule has 3 nitrogen and oxygen atoms in total. The Morgan fingerprint density at radius 3 is 1.37 bits per heavy atom. The van der Waals surface area contributed by atoms with Crippen molar-refractivity contribution in [2.75, 3.05) is 13.2 Å². The molecule has 3 heteroatoms. The topological polar surface area (TPSA) is 31.6 Å². The van der Waals surface area contributed by atoms with Crippen molar-refractivity contribution in [3.63, 3.8) is 0 Å². The molecular formula is C32H40O3. The standard InChI is InChI=1S/C32H40O3/c1-3-5-7-9-11-13-25-33-29-19-15-27(16-20-29)31-23-24-32(35-31)28-17-21-30(22-18-28)34-26-14-12-10-8-6-4-2/h11-24H,3-10,25-26H2,1-2H3. The molecule has 35 heavy (non-hydrogen) atoms. The van der Waals surface area contributed by atoms with Gasteiger partial charge in [0, 0.05) is 11.1 Å². The van der Waals surface area contributed by atoms with E-state index >= 15 is 0 Å². The van der Waals surface area contributed by atoms with Crippen LogP contribution in [-0.2, 0) is 0 Å². The summed E-state index contributed by atoms with van der Waals surface area (Å²) in [5, 5.41) is 0. The minimum atomic E-state index is 0.603. The van der Waals surface area contributed by atoms with Gasteiger partial charge in [0.1, 0.15) is 36.2 Å². The van der Waals surface area contributed by atoms with Crippen molar-refractivity contribution in [3.8, 4) is 34.1 Å². The van der Waals surface area contributed by atoms with E-state index in [1.165, 1.54) is 38.5 Å². The van der Waals surface area contributed by atoms with Crippen LogP contribution in [-0.4, -0.2) is 13.2 Å². The molecule has 0 bridgehead atoms. The predicted molar refractivity (Wildman–Crippen MR) is 147 cm³/mol. The monoisotopic (exact) mass is 472 g/mol. The van der Waals surface area contributed by atoms with E-state index in [9.17, 15) is 0 Å². The van der Waals surface area contributed by atoms with Crippen LogP contribution in [0.2, 0.25) is 0 Å². The van der Waals surface area contributed by atoms with Crippen LogP contribution >= 0.6 is 0 Å². The first-order chi connectivity index (χ1) is 17.3. The van der Waals surface area contributed by atoms with Crippen LogP contribution in [0.25, 0.3) is 22.6 Å². The van der Waals surface area contributed by atoms with Gasteiger partial charge in [0.25, 0.3) is 0 Å². The maximum absolute atomic E-state index is 6.12. The minimum absolute atomic E-state index is 0.603. The van der Waals surface area contributed by atoms with Crippen molar-refractivity contribution in [2.45, 2.75) is 65.2 Å². The van der Waals surface area contributed by atoms with E-state index in [2.05, 4.69) is 38.2 Å². The Balaban J connectivity index is 1.46. The lowest BCUT2D eigenvalue weighted by Gasteiger charge is -2.05. The highest BCUT2D eigenvalue weighted by atomic mass is 16.5. The van der Waals surface area contributed by atoms with Crippen LogP contribution in [0.3, 0.4) is 0 Å². The summed E-state index contributed by atoms with van der Waals surface area (Å²) >= 11 is 0. The second-order valence-electron chi connectivity index (χ2n) is 8.77. The Morgan fingerprint density at radius 2 is 0.971 bits per heavy atom. The third-order valence-electron chi connectivity index (χ3n) is 5.86. The van der Waals surface area contributed by atoms with E-state index in [0.29, 0.717) is 13.2 Å². The summed E-state index contributed by atoms with van der Waals surface area (Å²) in [5.41, 5.74) is 2.06. The van der Waals surface area contributed by atoms with E-state index in [-0.39, 0.29) is 0 Å². The third kappa shape index (κ3) is 9.52. The highest BCUT2D eigenvalue weighted by Gasteiger charge is 2.07. The van der Waals surface area contributed by atoms with E-state index in [1.807, 2.05) is 60.7 Å². The van der Waals surface area contributed by atoms with E-state index in [1.54, 1.807) is 0 Å². The Bertz CT molecular complexity index is 928. The summed E-state index contributed by atoms with van der Waals surface area (Å²) in [5.74, 6) is 3.42. The van der Waals surface area contributed by atoms with Gasteiger partial charge in [-0.3, -0.25) is 0 Å². The maximum Gasteiger partial charge on any atom is 0.134 e. The Hall–Kier alpha value is -3.20. The van der Waals surface area contributed by atoms with Crippen molar-refractivity contribution >= 4 is 0 Å². The average Bonchev–Trinajstić information content (AvgIpc) is 3.39. The lowest BCUT2D eigenvalue weighted by Crippen LogP contribution is -1.93. The highest BCUT2D eigenvalue weighted by Crippen LogP contribution is 2.30. The Labute approximate surface area is 211 Å². The number of benzene rings is 2. The fraction of sp³-hybridized carbons (Fsp3) is 0.375. The number of unbranched alkanes of at least 4 members (excludes halogenated alkanes) is 6. The quantitative estimate of drug-likeness (QED) is 0.154. The smallest absolute Gasteiger partial charge is 0.134 e. The number of hydrogen-bond acceptors (Lipinski definition) is 3. The number of ether oxygens (including phenoxy) is 2. The Kier molecular flexibility index (Phi) is 11.8. The number of allylic oxidation sites excluding steroid dienone is 2. The Morgan fingerprint density at radius 1 is 0.543 bits per heavy atom. The normalized spacial score (nSPS) is 11.5. The van der Waals surface area contributed by atoms with Crippen molar-refractivity contribution in [3.05, 3.63) is 85.0 Å². The molecule has 3 rings (SSSR count). The van der Waals surface area contributed by atoms with Crippen LogP contribution in [0.5, 0.6) is 11.5 Å². The van der Waals surface area contributed by atoms with Crippen LogP contribution in [0.1, 0.15) is 65.2 Å². The first-order valence-electron chi connectivity index (χ1n) is 13.2. The third-order valence-corrected chi connectivity index (χ3v) is 5.86. The fourth-order valence-corrected chi connectivity index (χ4v) is 3.76. The molecule has 0 N–H and O–H groups in total. The number of hydrogen-bond donors (Lipinski definition) is 0. The van der Waals surface area contributed by atoms with E-state index in [0.717, 1.165) is 47.0 Å². The van der Waals surface area contributed by atoms with Crippen LogP contribution in [0.4, 0.5) is 0 Å². The number of furan rings is 1. The van der Waals surface area contributed by atoms with Gasteiger partial charge in [-0.1, -0.05) is 63.8 Å². The van der Waals surface area contributed by atoms with Crippen LogP contribution < -0.4 is 9.47 Å². The predicted octanol–water partition coefficient (Wildman–Crippen LogP) is 9.64. The number of rotatable bonds is 16. The molecule has 0 aliphatic rings. The molecule has 0 amide bonds. The SMILES string of the molecule is CCCCCC=CCOc1ccc(-c2ccc(-c3ccc(OCC=CCCCCC)cc3)o2)cc1. The summed E-state index contributed by atoms with van der Waals surface area (Å²) in [6.07, 6.45) is 18.5. The van der Waals surface area contributed by atoms with Gasteiger partial charge < -0.3 is 13.9 Å². The zero-order valence-corrected chi connectivity index (χ0v) is 21.4. The van der Waals surface area contributed by atoms with Crippen molar-refractivity contribution in [1.82, 2.24) is 0 Å². The van der Waals surface area contributed by atoms with Crippen molar-refractivity contribution in [2.24, 2.45) is 0 Å². The second kappa shape index (κ2) is 15.7. The molecule has 0 aliphatic heterocycles. The summed E-state index contributed by atoms with van der Waals surface area (Å²) in [6.45, 7) is 5.66. The zero-order valence-electron chi connectivity index (χ0n) is 21.4. The van der Waals surface area contributed by atoms with Crippen LogP contribution in [0, 0.1) is 0 Å². The van der Waals surface area contributed by atoms with Crippen LogP contribution in [0.15, 0.2) is 89.4 Å². The zero-order chi connectivity index (χ0) is 24.6. The minimum Gasteiger partial charge on any atom is -0.490 e. The summed E-state index contributed by atoms with van der Waals surface area (Å²) in [6, 6.07) is 20.1. The van der Waals surface area contributed by atoms with Crippen molar-refractivity contribution in [1.29, 1.82) is 0 Å². The molecule has 0 aliphatic carbocycles. The van der Waals surface area contributed by atoms with E-state index in [4.69, 9.17) is 13.9 Å². The lowest BCUT2D eigenvalue weighted by molar-refractivity contribution is 0.362. The lowest BCUT2D eigenvalue weighted by atomic mass is 10.1. The molecule has 0 atom stereocenters. The second-order valence-corrected chi connectivity index (χ2v) is 8.77. The molecule has 2 aromatic carbocycles. The maximum atomic E-state index is 6.12. The molecule has 0 spiro atoms. The largest absolute Gasteiger partial charge is 0.490 e. The van der Waals surface area contributed by atoms with Gasteiger partial charge in [-0.2, -0.15) is 0 Å².